The Kier molecular flexibility index (Phi) is 5.22. The van der Waals surface area contributed by atoms with Gasteiger partial charge < -0.3 is 9.62 Å². The van der Waals surface area contributed by atoms with Crippen LogP contribution in [-0.4, -0.2) is 5.97 Å². The van der Waals surface area contributed by atoms with Crippen molar-refractivity contribution in [3.63, 3.8) is 0 Å². The van der Waals surface area contributed by atoms with Crippen molar-refractivity contribution < 1.29 is 19.3 Å². The van der Waals surface area contributed by atoms with Crippen molar-refractivity contribution in [3.8, 4) is 11.5 Å². The Bertz CT molecular complexity index is 785. The van der Waals surface area contributed by atoms with Gasteiger partial charge in [-0.1, -0.05) is 54.6 Å². The van der Waals surface area contributed by atoms with E-state index in [1.54, 1.807) is 48.5 Å². The van der Waals surface area contributed by atoms with Crippen LogP contribution in [0.1, 0.15) is 15.9 Å². The summed E-state index contributed by atoms with van der Waals surface area (Å²) in [5.41, 5.74) is 1.39. The first-order valence-electron chi connectivity index (χ1n) is 7.52. The second-order valence-corrected chi connectivity index (χ2v) is 5.06. The molecule has 0 aliphatic carbocycles. The first-order valence-corrected chi connectivity index (χ1v) is 7.52. The Morgan fingerprint density at radius 1 is 0.750 bits per heavy atom. The zero-order valence-corrected chi connectivity index (χ0v) is 12.9. The van der Waals surface area contributed by atoms with Crippen LogP contribution in [0.3, 0.4) is 0 Å². The van der Waals surface area contributed by atoms with Gasteiger partial charge in [0.25, 0.3) is 0 Å². The molecule has 4 heteroatoms. The molecule has 4 nitrogen and oxygen atoms in total. The molecule has 0 spiro atoms. The molecule has 0 amide bonds. The molecule has 120 valence electrons. The van der Waals surface area contributed by atoms with Gasteiger partial charge in [-0.25, -0.2) is 4.79 Å². The van der Waals surface area contributed by atoms with Crippen LogP contribution in [-0.2, 0) is 11.5 Å². The van der Waals surface area contributed by atoms with Crippen molar-refractivity contribution in [2.45, 2.75) is 6.61 Å². The van der Waals surface area contributed by atoms with E-state index in [1.165, 1.54) is 0 Å². The number of para-hydroxylation sites is 1. The third-order valence-corrected chi connectivity index (χ3v) is 3.25. The summed E-state index contributed by atoms with van der Waals surface area (Å²) in [4.78, 5) is 22.6. The van der Waals surface area contributed by atoms with Crippen LogP contribution in [0.2, 0.25) is 0 Å². The molecule has 3 aromatic carbocycles. The van der Waals surface area contributed by atoms with Crippen LogP contribution in [0.15, 0.2) is 84.9 Å². The van der Waals surface area contributed by atoms with Crippen LogP contribution in [0.25, 0.3) is 0 Å². The Balaban J connectivity index is 1.58. The monoisotopic (exact) mass is 320 g/mol. The van der Waals surface area contributed by atoms with Crippen LogP contribution in [0.4, 0.5) is 0 Å². The normalized spacial score (nSPS) is 10.2. The van der Waals surface area contributed by atoms with E-state index in [1.807, 2.05) is 36.4 Å². The fourth-order valence-electron chi connectivity index (χ4n) is 2.07. The highest BCUT2D eigenvalue weighted by Crippen LogP contribution is 2.17. The standard InChI is InChI=1S/C20H16O4/c21-20(23-18-11-5-2-6-12-18)17-10-7-13-19(14-17)24-22-15-16-8-3-1-4-9-16/h1-14H,15H2. The second-order valence-electron chi connectivity index (χ2n) is 5.06. The molecule has 0 aliphatic rings. The fraction of sp³-hybridized carbons (Fsp3) is 0.0500. The molecular weight excluding hydrogens is 304 g/mol. The molecule has 24 heavy (non-hydrogen) atoms. The maximum atomic E-state index is 12.1. The lowest BCUT2D eigenvalue weighted by Gasteiger charge is -2.07. The van der Waals surface area contributed by atoms with E-state index >= 15 is 0 Å². The van der Waals surface area contributed by atoms with Gasteiger partial charge in [-0.15, -0.1) is 0 Å². The Labute approximate surface area is 140 Å². The van der Waals surface area contributed by atoms with E-state index in [4.69, 9.17) is 14.5 Å². The van der Waals surface area contributed by atoms with Crippen molar-refractivity contribution in [1.82, 2.24) is 0 Å². The molecule has 0 saturated carbocycles. The fourth-order valence-corrected chi connectivity index (χ4v) is 2.07. The number of hydrogen-bond donors (Lipinski definition) is 0. The van der Waals surface area contributed by atoms with Crippen LogP contribution < -0.4 is 9.62 Å². The summed E-state index contributed by atoms with van der Waals surface area (Å²) >= 11 is 0. The van der Waals surface area contributed by atoms with Gasteiger partial charge >= 0.3 is 5.97 Å². The molecule has 0 N–H and O–H groups in total. The summed E-state index contributed by atoms with van der Waals surface area (Å²) < 4.78 is 5.29. The van der Waals surface area contributed by atoms with E-state index in [0.717, 1.165) is 5.56 Å². The predicted molar refractivity (Wildman–Crippen MR) is 89.7 cm³/mol. The smallest absolute Gasteiger partial charge is 0.343 e. The lowest BCUT2D eigenvalue weighted by Crippen LogP contribution is -2.08. The molecule has 3 rings (SSSR count). The van der Waals surface area contributed by atoms with Crippen molar-refractivity contribution in [1.29, 1.82) is 0 Å². The quantitative estimate of drug-likeness (QED) is 0.292. The molecule has 0 atom stereocenters. The van der Waals surface area contributed by atoms with E-state index in [-0.39, 0.29) is 0 Å². The number of hydrogen-bond acceptors (Lipinski definition) is 4. The summed E-state index contributed by atoms with van der Waals surface area (Å²) in [7, 11) is 0. The van der Waals surface area contributed by atoms with Crippen LogP contribution in [0, 0.1) is 0 Å². The van der Waals surface area contributed by atoms with Gasteiger partial charge in [-0.2, -0.15) is 4.89 Å². The average molecular weight is 320 g/mol. The molecule has 0 bridgehead atoms. The molecule has 0 aliphatic heterocycles. The average Bonchev–Trinajstić information content (AvgIpc) is 2.64. The molecule has 0 unspecified atom stereocenters. The number of carbonyl (C=O) groups excluding carboxylic acids is 1. The number of esters is 1. The minimum absolute atomic E-state index is 0.319. The van der Waals surface area contributed by atoms with Crippen LogP contribution in [0.5, 0.6) is 11.5 Å². The topological polar surface area (TPSA) is 44.8 Å². The van der Waals surface area contributed by atoms with Crippen molar-refractivity contribution in [2.24, 2.45) is 0 Å². The number of benzene rings is 3. The van der Waals surface area contributed by atoms with Gasteiger partial charge in [0.15, 0.2) is 5.75 Å². The third-order valence-electron chi connectivity index (χ3n) is 3.25. The SMILES string of the molecule is O=C(Oc1ccccc1)c1cccc(OOCc2ccccc2)c1. The van der Waals surface area contributed by atoms with E-state index in [2.05, 4.69) is 0 Å². The summed E-state index contributed by atoms with van der Waals surface area (Å²) in [6.07, 6.45) is 0. The molecule has 3 aromatic rings. The Morgan fingerprint density at radius 2 is 1.42 bits per heavy atom. The van der Waals surface area contributed by atoms with E-state index in [9.17, 15) is 4.79 Å². The maximum Gasteiger partial charge on any atom is 0.343 e. The number of rotatable bonds is 6. The molecule has 0 aromatic heterocycles. The van der Waals surface area contributed by atoms with Gasteiger partial charge in [0, 0.05) is 0 Å². The van der Waals surface area contributed by atoms with Crippen LogP contribution >= 0.6 is 0 Å². The third kappa shape index (κ3) is 4.44. The number of carbonyl (C=O) groups is 1. The van der Waals surface area contributed by atoms with Gasteiger partial charge in [-0.05, 0) is 35.9 Å². The second kappa shape index (κ2) is 7.94. The van der Waals surface area contributed by atoms with Crippen molar-refractivity contribution >= 4 is 5.97 Å². The first kappa shape index (κ1) is 15.8. The maximum absolute atomic E-state index is 12.1. The Hall–Kier alpha value is -3.11. The highest BCUT2D eigenvalue weighted by molar-refractivity contribution is 5.91. The molecular formula is C20H16O4. The molecule has 0 saturated heterocycles. The lowest BCUT2D eigenvalue weighted by molar-refractivity contribution is -0.217. The van der Waals surface area contributed by atoms with Gasteiger partial charge in [0.2, 0.25) is 0 Å². The van der Waals surface area contributed by atoms with Crippen molar-refractivity contribution in [3.05, 3.63) is 96.1 Å². The molecule has 0 heterocycles. The predicted octanol–water partition coefficient (Wildman–Crippen LogP) is 4.42. The summed E-state index contributed by atoms with van der Waals surface area (Å²) in [6, 6.07) is 25.3. The van der Waals surface area contributed by atoms with E-state index in [0.29, 0.717) is 23.7 Å². The largest absolute Gasteiger partial charge is 0.423 e. The van der Waals surface area contributed by atoms with Gasteiger partial charge in [0.1, 0.15) is 12.4 Å². The zero-order chi connectivity index (χ0) is 16.6. The summed E-state index contributed by atoms with van der Waals surface area (Å²) in [6.45, 7) is 0.319. The Morgan fingerprint density at radius 3 is 2.17 bits per heavy atom. The lowest BCUT2D eigenvalue weighted by atomic mass is 10.2. The molecule has 0 radical (unpaired) electrons. The zero-order valence-electron chi connectivity index (χ0n) is 12.9. The highest BCUT2D eigenvalue weighted by atomic mass is 17.2. The van der Waals surface area contributed by atoms with E-state index < -0.39 is 5.97 Å². The minimum atomic E-state index is -0.449. The minimum Gasteiger partial charge on any atom is -0.423 e. The van der Waals surface area contributed by atoms with Gasteiger partial charge in [0.05, 0.1) is 5.56 Å². The number of ether oxygens (including phenoxy) is 1. The van der Waals surface area contributed by atoms with Crippen molar-refractivity contribution in [2.75, 3.05) is 0 Å². The highest BCUT2D eigenvalue weighted by Gasteiger charge is 2.10. The summed E-state index contributed by atoms with van der Waals surface area (Å²) in [5, 5.41) is 0. The first-order chi connectivity index (χ1) is 11.8. The van der Waals surface area contributed by atoms with Gasteiger partial charge in [-0.3, -0.25) is 0 Å². The molecule has 0 fully saturated rings. The summed E-state index contributed by atoms with van der Waals surface area (Å²) in [5.74, 6) is 0.484.